The Morgan fingerprint density at radius 1 is 1.28 bits per heavy atom. The van der Waals surface area contributed by atoms with Gasteiger partial charge in [-0.15, -0.1) is 0 Å². The van der Waals surface area contributed by atoms with Crippen LogP contribution in [-0.2, 0) is 0 Å². The second-order valence-corrected chi connectivity index (χ2v) is 4.33. The molecule has 0 bridgehead atoms. The van der Waals surface area contributed by atoms with Crippen LogP contribution < -0.4 is 10.1 Å². The number of benzene rings is 1. The molecule has 0 amide bonds. The molecule has 0 aliphatic rings. The van der Waals surface area contributed by atoms with Gasteiger partial charge in [0.25, 0.3) is 0 Å². The number of likely N-dealkylation sites (N-methyl/N-ethyl adjacent to an activating group) is 1. The highest BCUT2D eigenvalue weighted by atomic mass is 16.5. The van der Waals surface area contributed by atoms with Crippen molar-refractivity contribution in [3.63, 3.8) is 0 Å². The topological polar surface area (TPSA) is 34.1 Å². The van der Waals surface area contributed by atoms with Crippen LogP contribution in [0.15, 0.2) is 36.5 Å². The molecule has 18 heavy (non-hydrogen) atoms. The first-order chi connectivity index (χ1) is 8.83. The van der Waals surface area contributed by atoms with Gasteiger partial charge in [0.2, 0.25) is 0 Å². The fourth-order valence-electron chi connectivity index (χ4n) is 1.94. The number of hydrogen-bond acceptors (Lipinski definition) is 3. The van der Waals surface area contributed by atoms with E-state index >= 15 is 0 Å². The highest BCUT2D eigenvalue weighted by Gasteiger charge is 2.05. The van der Waals surface area contributed by atoms with Crippen molar-refractivity contribution in [3.05, 3.63) is 36.5 Å². The number of pyridine rings is 1. The molecular formula is C15H20N2O. The third-order valence-corrected chi connectivity index (χ3v) is 3.01. The summed E-state index contributed by atoms with van der Waals surface area (Å²) < 4.78 is 5.82. The fourth-order valence-corrected chi connectivity index (χ4v) is 1.94. The van der Waals surface area contributed by atoms with Crippen molar-refractivity contribution < 1.29 is 4.74 Å². The standard InChI is InChI=1S/C15H20N2O/c1-3-13(16-4-2)11-18-14-8-7-12-6-5-9-17-15(12)10-14/h5-10,13,16H,3-4,11H2,1-2H3. The van der Waals surface area contributed by atoms with Crippen LogP contribution in [-0.4, -0.2) is 24.2 Å². The van der Waals surface area contributed by atoms with Gasteiger partial charge >= 0.3 is 0 Å². The normalized spacial score (nSPS) is 12.6. The van der Waals surface area contributed by atoms with Crippen LogP contribution >= 0.6 is 0 Å². The molecule has 0 radical (unpaired) electrons. The van der Waals surface area contributed by atoms with Crippen molar-refractivity contribution >= 4 is 10.9 Å². The largest absolute Gasteiger partial charge is 0.492 e. The molecule has 1 atom stereocenters. The van der Waals surface area contributed by atoms with Crippen molar-refractivity contribution in [1.29, 1.82) is 0 Å². The molecule has 96 valence electrons. The maximum absolute atomic E-state index is 5.82. The van der Waals surface area contributed by atoms with Crippen molar-refractivity contribution in [1.82, 2.24) is 10.3 Å². The lowest BCUT2D eigenvalue weighted by atomic mass is 10.2. The number of nitrogens with zero attached hydrogens (tertiary/aromatic N) is 1. The molecule has 1 aromatic heterocycles. The van der Waals surface area contributed by atoms with Gasteiger partial charge in [-0.25, -0.2) is 0 Å². The van der Waals surface area contributed by atoms with Crippen LogP contribution in [0.2, 0.25) is 0 Å². The summed E-state index contributed by atoms with van der Waals surface area (Å²) in [7, 11) is 0. The number of aromatic nitrogens is 1. The summed E-state index contributed by atoms with van der Waals surface area (Å²) in [5.41, 5.74) is 0.978. The number of nitrogens with one attached hydrogen (secondary N) is 1. The number of rotatable bonds is 6. The predicted molar refractivity (Wildman–Crippen MR) is 75.0 cm³/mol. The molecule has 0 fully saturated rings. The Balaban J connectivity index is 2.03. The van der Waals surface area contributed by atoms with Gasteiger partial charge in [0.1, 0.15) is 12.4 Å². The number of fused-ring (bicyclic) bond motifs is 1. The lowest BCUT2D eigenvalue weighted by Crippen LogP contribution is -2.33. The molecule has 0 spiro atoms. The van der Waals surface area contributed by atoms with Gasteiger partial charge < -0.3 is 10.1 Å². The van der Waals surface area contributed by atoms with E-state index in [1.54, 1.807) is 6.20 Å². The van der Waals surface area contributed by atoms with Gasteiger partial charge in [-0.3, -0.25) is 4.98 Å². The Morgan fingerprint density at radius 3 is 2.94 bits per heavy atom. The lowest BCUT2D eigenvalue weighted by molar-refractivity contribution is 0.262. The molecule has 1 aromatic carbocycles. The molecular weight excluding hydrogens is 224 g/mol. The smallest absolute Gasteiger partial charge is 0.121 e. The molecule has 3 nitrogen and oxygen atoms in total. The summed E-state index contributed by atoms with van der Waals surface area (Å²) in [5, 5.41) is 4.54. The van der Waals surface area contributed by atoms with E-state index in [2.05, 4.69) is 30.2 Å². The Hall–Kier alpha value is -1.61. The van der Waals surface area contributed by atoms with Gasteiger partial charge in [-0.2, -0.15) is 0 Å². The minimum atomic E-state index is 0.412. The third-order valence-electron chi connectivity index (χ3n) is 3.01. The molecule has 0 aliphatic carbocycles. The zero-order valence-corrected chi connectivity index (χ0v) is 11.0. The highest BCUT2D eigenvalue weighted by molar-refractivity contribution is 5.79. The summed E-state index contributed by atoms with van der Waals surface area (Å²) >= 11 is 0. The SMILES string of the molecule is CCNC(CC)COc1ccc2cccnc2c1. The molecule has 3 heteroatoms. The van der Waals surface area contributed by atoms with E-state index in [0.717, 1.165) is 29.6 Å². The van der Waals surface area contributed by atoms with E-state index in [9.17, 15) is 0 Å². The van der Waals surface area contributed by atoms with Crippen molar-refractivity contribution in [2.24, 2.45) is 0 Å². The van der Waals surface area contributed by atoms with Crippen LogP contribution in [0.25, 0.3) is 10.9 Å². The summed E-state index contributed by atoms with van der Waals surface area (Å²) in [6.07, 6.45) is 2.87. The van der Waals surface area contributed by atoms with E-state index in [1.807, 2.05) is 24.3 Å². The van der Waals surface area contributed by atoms with Crippen LogP contribution in [0.3, 0.4) is 0 Å². The third kappa shape index (κ3) is 3.20. The van der Waals surface area contributed by atoms with E-state index in [-0.39, 0.29) is 0 Å². The van der Waals surface area contributed by atoms with Crippen molar-refractivity contribution in [2.75, 3.05) is 13.2 Å². The van der Waals surface area contributed by atoms with Crippen molar-refractivity contribution in [3.8, 4) is 5.75 Å². The minimum absolute atomic E-state index is 0.412. The number of ether oxygens (including phenoxy) is 1. The maximum Gasteiger partial charge on any atom is 0.121 e. The molecule has 0 saturated heterocycles. The van der Waals surface area contributed by atoms with Gasteiger partial charge in [-0.05, 0) is 31.2 Å². The quantitative estimate of drug-likeness (QED) is 0.848. The maximum atomic E-state index is 5.82. The Labute approximate surface area is 108 Å². The molecule has 2 aromatic rings. The lowest BCUT2D eigenvalue weighted by Gasteiger charge is -2.16. The van der Waals surface area contributed by atoms with Gasteiger partial charge in [-0.1, -0.05) is 19.9 Å². The van der Waals surface area contributed by atoms with Crippen LogP contribution in [0.5, 0.6) is 5.75 Å². The second kappa shape index (κ2) is 6.36. The number of hydrogen-bond donors (Lipinski definition) is 1. The first-order valence-corrected chi connectivity index (χ1v) is 6.54. The first-order valence-electron chi connectivity index (χ1n) is 6.54. The van der Waals surface area contributed by atoms with Crippen LogP contribution in [0, 0.1) is 0 Å². The Bertz CT molecular complexity index is 499. The Morgan fingerprint density at radius 2 is 2.17 bits per heavy atom. The van der Waals surface area contributed by atoms with E-state index in [0.29, 0.717) is 12.6 Å². The van der Waals surface area contributed by atoms with Crippen LogP contribution in [0.1, 0.15) is 20.3 Å². The average Bonchev–Trinajstić information content (AvgIpc) is 2.43. The average molecular weight is 244 g/mol. The monoisotopic (exact) mass is 244 g/mol. The summed E-state index contributed by atoms with van der Waals surface area (Å²) in [5.74, 6) is 0.887. The molecule has 2 rings (SSSR count). The predicted octanol–water partition coefficient (Wildman–Crippen LogP) is 3.00. The zero-order chi connectivity index (χ0) is 12.8. The van der Waals surface area contributed by atoms with E-state index in [4.69, 9.17) is 4.74 Å². The fraction of sp³-hybridized carbons (Fsp3) is 0.400. The van der Waals surface area contributed by atoms with Crippen molar-refractivity contribution in [2.45, 2.75) is 26.3 Å². The second-order valence-electron chi connectivity index (χ2n) is 4.33. The molecule has 1 unspecified atom stereocenters. The molecule has 0 saturated carbocycles. The molecule has 1 heterocycles. The van der Waals surface area contributed by atoms with E-state index in [1.165, 1.54) is 0 Å². The van der Waals surface area contributed by atoms with Gasteiger partial charge in [0, 0.05) is 23.7 Å². The summed E-state index contributed by atoms with van der Waals surface area (Å²) in [4.78, 5) is 4.33. The van der Waals surface area contributed by atoms with E-state index < -0.39 is 0 Å². The van der Waals surface area contributed by atoms with Gasteiger partial charge in [0.15, 0.2) is 0 Å². The van der Waals surface area contributed by atoms with Crippen LogP contribution in [0.4, 0.5) is 0 Å². The first kappa shape index (κ1) is 12.8. The van der Waals surface area contributed by atoms with Gasteiger partial charge in [0.05, 0.1) is 5.52 Å². The zero-order valence-electron chi connectivity index (χ0n) is 11.0. The highest BCUT2D eigenvalue weighted by Crippen LogP contribution is 2.18. The summed E-state index contributed by atoms with van der Waals surface area (Å²) in [6, 6.07) is 10.5. The molecule has 1 N–H and O–H groups in total. The Kier molecular flexibility index (Phi) is 4.53. The summed E-state index contributed by atoms with van der Waals surface area (Å²) in [6.45, 7) is 5.95. The molecule has 0 aliphatic heterocycles. The minimum Gasteiger partial charge on any atom is -0.492 e.